The van der Waals surface area contributed by atoms with E-state index < -0.39 is 0 Å². The Balaban J connectivity index is 1.69. The van der Waals surface area contributed by atoms with Gasteiger partial charge in [-0.3, -0.25) is 9.78 Å². The molecule has 2 aliphatic carbocycles. The van der Waals surface area contributed by atoms with E-state index in [4.69, 9.17) is 5.11 Å². The summed E-state index contributed by atoms with van der Waals surface area (Å²) < 4.78 is 0. The van der Waals surface area contributed by atoms with Gasteiger partial charge < -0.3 is 10.4 Å². The summed E-state index contributed by atoms with van der Waals surface area (Å²) in [5.41, 5.74) is 1.20. The van der Waals surface area contributed by atoms with Gasteiger partial charge in [0.1, 0.15) is 6.61 Å². The van der Waals surface area contributed by atoms with Crippen molar-refractivity contribution in [2.75, 3.05) is 6.61 Å². The Hall–Kier alpha value is -1.86. The molecule has 0 unspecified atom stereocenters. The monoisotopic (exact) mass is 270 g/mol. The molecule has 2 fully saturated rings. The zero-order valence-corrected chi connectivity index (χ0v) is 11.3. The number of aliphatic hydroxyl groups excluding tert-OH is 1. The van der Waals surface area contributed by atoms with Crippen LogP contribution in [0.3, 0.4) is 0 Å². The van der Waals surface area contributed by atoms with Gasteiger partial charge in [-0.2, -0.15) is 0 Å². The topological polar surface area (TPSA) is 62.2 Å². The smallest absolute Gasteiger partial charge is 0.253 e. The summed E-state index contributed by atoms with van der Waals surface area (Å²) >= 11 is 0. The lowest BCUT2D eigenvalue weighted by Crippen LogP contribution is -2.38. The van der Waals surface area contributed by atoms with E-state index in [2.05, 4.69) is 22.1 Å². The fraction of sp³-hybridized carbons (Fsp3) is 0.500. The molecule has 0 aromatic carbocycles. The van der Waals surface area contributed by atoms with Gasteiger partial charge in [0.25, 0.3) is 5.91 Å². The first-order chi connectivity index (χ1) is 9.78. The zero-order valence-electron chi connectivity index (χ0n) is 11.3. The Morgan fingerprint density at radius 3 is 2.65 bits per heavy atom. The van der Waals surface area contributed by atoms with Crippen LogP contribution in [0.15, 0.2) is 18.5 Å². The molecule has 3 rings (SSSR count). The summed E-state index contributed by atoms with van der Waals surface area (Å²) in [4.78, 5) is 16.3. The number of hydrogen-bond acceptors (Lipinski definition) is 3. The quantitative estimate of drug-likeness (QED) is 0.812. The molecule has 0 atom stereocenters. The average Bonchev–Trinajstić information content (AvgIpc) is 3.35. The molecule has 20 heavy (non-hydrogen) atoms. The highest BCUT2D eigenvalue weighted by molar-refractivity contribution is 5.94. The number of aliphatic hydroxyl groups is 1. The van der Waals surface area contributed by atoms with Crippen LogP contribution in [0.4, 0.5) is 0 Å². The minimum absolute atomic E-state index is 0.0612. The number of amides is 1. The van der Waals surface area contributed by atoms with Gasteiger partial charge in [0.15, 0.2) is 0 Å². The van der Waals surface area contributed by atoms with Gasteiger partial charge in [-0.05, 0) is 43.6 Å². The van der Waals surface area contributed by atoms with Gasteiger partial charge in [-0.25, -0.2) is 0 Å². The lowest BCUT2D eigenvalue weighted by atomic mass is 10.1. The van der Waals surface area contributed by atoms with Crippen LogP contribution in [0.2, 0.25) is 0 Å². The minimum atomic E-state index is -0.193. The first-order valence-corrected chi connectivity index (χ1v) is 7.13. The summed E-state index contributed by atoms with van der Waals surface area (Å²) in [7, 11) is 0. The summed E-state index contributed by atoms with van der Waals surface area (Å²) in [5, 5.41) is 11.9. The van der Waals surface area contributed by atoms with E-state index in [-0.39, 0.29) is 12.5 Å². The van der Waals surface area contributed by atoms with Crippen molar-refractivity contribution in [2.45, 2.75) is 31.7 Å². The number of carbonyl (C=O) groups excluding carboxylic acids is 1. The lowest BCUT2D eigenvalue weighted by molar-refractivity contribution is 0.0926. The normalized spacial score (nSPS) is 17.5. The van der Waals surface area contributed by atoms with Crippen LogP contribution in [-0.2, 0) is 0 Å². The molecule has 0 radical (unpaired) electrons. The average molecular weight is 270 g/mol. The molecule has 4 nitrogen and oxygen atoms in total. The molecular formula is C16H18N2O2. The summed E-state index contributed by atoms with van der Waals surface area (Å²) in [6.45, 7) is -0.193. The number of nitrogens with zero attached hydrogens (tertiary/aromatic N) is 1. The van der Waals surface area contributed by atoms with Crippen molar-refractivity contribution < 1.29 is 9.90 Å². The van der Waals surface area contributed by atoms with Crippen molar-refractivity contribution >= 4 is 5.91 Å². The molecule has 0 bridgehead atoms. The van der Waals surface area contributed by atoms with E-state index in [1.54, 1.807) is 18.5 Å². The first kappa shape index (κ1) is 13.1. The maximum Gasteiger partial charge on any atom is 0.253 e. The second kappa shape index (κ2) is 5.64. The number of hydrogen-bond donors (Lipinski definition) is 2. The van der Waals surface area contributed by atoms with E-state index in [9.17, 15) is 4.79 Å². The van der Waals surface area contributed by atoms with Crippen molar-refractivity contribution in [3.63, 3.8) is 0 Å². The Morgan fingerprint density at radius 2 is 2.05 bits per heavy atom. The van der Waals surface area contributed by atoms with Gasteiger partial charge in [-0.1, -0.05) is 11.8 Å². The highest BCUT2D eigenvalue weighted by Gasteiger charge is 2.42. The van der Waals surface area contributed by atoms with E-state index >= 15 is 0 Å². The van der Waals surface area contributed by atoms with Gasteiger partial charge in [0.05, 0.1) is 5.56 Å². The number of carbonyl (C=O) groups is 1. The molecule has 1 aromatic heterocycles. The summed E-state index contributed by atoms with van der Waals surface area (Å²) in [6.07, 6.45) is 8.11. The fourth-order valence-electron chi connectivity index (χ4n) is 2.54. The van der Waals surface area contributed by atoms with E-state index in [1.807, 2.05) is 0 Å². The van der Waals surface area contributed by atoms with Crippen LogP contribution in [-0.4, -0.2) is 28.6 Å². The van der Waals surface area contributed by atoms with Gasteiger partial charge >= 0.3 is 0 Å². The second-order valence-electron chi connectivity index (χ2n) is 5.60. The third-order valence-corrected chi connectivity index (χ3v) is 3.87. The molecule has 0 spiro atoms. The Labute approximate surface area is 118 Å². The fourth-order valence-corrected chi connectivity index (χ4v) is 2.54. The molecule has 4 heteroatoms. The third kappa shape index (κ3) is 3.17. The molecule has 0 aliphatic heterocycles. The highest BCUT2D eigenvalue weighted by Crippen LogP contribution is 2.44. The van der Waals surface area contributed by atoms with E-state index in [0.29, 0.717) is 29.0 Å². The van der Waals surface area contributed by atoms with Gasteiger partial charge in [0.2, 0.25) is 0 Å². The summed E-state index contributed by atoms with van der Waals surface area (Å²) in [5.74, 6) is 6.63. The minimum Gasteiger partial charge on any atom is -0.384 e. The van der Waals surface area contributed by atoms with Crippen LogP contribution >= 0.6 is 0 Å². The lowest BCUT2D eigenvalue weighted by Gasteiger charge is -2.17. The molecule has 1 aromatic rings. The second-order valence-corrected chi connectivity index (χ2v) is 5.60. The molecule has 1 heterocycles. The molecule has 0 saturated heterocycles. The predicted molar refractivity (Wildman–Crippen MR) is 74.9 cm³/mol. The van der Waals surface area contributed by atoms with Crippen molar-refractivity contribution in [3.05, 3.63) is 29.6 Å². The summed E-state index contributed by atoms with van der Waals surface area (Å²) in [6, 6.07) is 2.07. The van der Waals surface area contributed by atoms with Crippen molar-refractivity contribution in [2.24, 2.45) is 11.8 Å². The van der Waals surface area contributed by atoms with Crippen molar-refractivity contribution in [1.29, 1.82) is 0 Å². The SMILES string of the molecule is O=C(NC(C1CC1)C1CC1)c1cncc(C#CCO)c1. The van der Waals surface area contributed by atoms with Gasteiger partial charge in [0, 0.05) is 24.0 Å². The van der Waals surface area contributed by atoms with Crippen LogP contribution in [0.5, 0.6) is 0 Å². The molecule has 104 valence electrons. The predicted octanol–water partition coefficient (Wildman–Crippen LogP) is 1.34. The van der Waals surface area contributed by atoms with Crippen LogP contribution in [0.1, 0.15) is 41.6 Å². The van der Waals surface area contributed by atoms with Crippen molar-refractivity contribution in [3.8, 4) is 11.8 Å². The largest absolute Gasteiger partial charge is 0.384 e. The van der Waals surface area contributed by atoms with E-state index in [0.717, 1.165) is 0 Å². The molecule has 1 amide bonds. The first-order valence-electron chi connectivity index (χ1n) is 7.13. The standard InChI is InChI=1S/C16H18N2O2/c19-7-1-2-11-8-14(10-17-9-11)16(20)18-15(12-3-4-12)13-5-6-13/h8-10,12-13,15,19H,3-7H2,(H,18,20). The van der Waals surface area contributed by atoms with Crippen LogP contribution in [0, 0.1) is 23.7 Å². The van der Waals surface area contributed by atoms with Crippen LogP contribution in [0.25, 0.3) is 0 Å². The van der Waals surface area contributed by atoms with Crippen LogP contribution < -0.4 is 5.32 Å². The van der Waals surface area contributed by atoms with Crippen molar-refractivity contribution in [1.82, 2.24) is 10.3 Å². The zero-order chi connectivity index (χ0) is 13.9. The molecule has 2 aliphatic rings. The number of nitrogens with one attached hydrogen (secondary N) is 1. The molecule has 2 saturated carbocycles. The number of aromatic nitrogens is 1. The third-order valence-electron chi connectivity index (χ3n) is 3.87. The maximum atomic E-state index is 12.3. The number of pyridine rings is 1. The van der Waals surface area contributed by atoms with Gasteiger partial charge in [-0.15, -0.1) is 0 Å². The Bertz CT molecular complexity index is 553. The Morgan fingerprint density at radius 1 is 1.35 bits per heavy atom. The maximum absolute atomic E-state index is 12.3. The Kier molecular flexibility index (Phi) is 3.70. The van der Waals surface area contributed by atoms with E-state index in [1.165, 1.54) is 25.7 Å². The molecular weight excluding hydrogens is 252 g/mol. The number of rotatable bonds is 4. The highest BCUT2D eigenvalue weighted by atomic mass is 16.2. The molecule has 2 N–H and O–H groups in total.